The fourth-order valence-corrected chi connectivity index (χ4v) is 5.11. The molecule has 7 heteroatoms. The van der Waals surface area contributed by atoms with Crippen molar-refractivity contribution in [3.63, 3.8) is 0 Å². The Bertz CT molecular complexity index is 1170. The van der Waals surface area contributed by atoms with Crippen molar-refractivity contribution >= 4 is 17.3 Å². The zero-order chi connectivity index (χ0) is 25.2. The smallest absolute Gasteiger partial charge is 0.198 e. The Morgan fingerprint density at radius 1 is 0.914 bits per heavy atom. The molecule has 0 heterocycles. The first-order valence-corrected chi connectivity index (χ1v) is 12.4. The SMILES string of the molecule is CCCCCCCCOCC(=O)C1(O)CCc2c(O)c3c(c(O)c2C1)C(=O)c1ccccc1C3=O. The first-order valence-electron chi connectivity index (χ1n) is 12.4. The Kier molecular flexibility index (Phi) is 7.38. The van der Waals surface area contributed by atoms with Gasteiger partial charge in [-0.2, -0.15) is 0 Å². The van der Waals surface area contributed by atoms with Crippen LogP contribution in [0, 0.1) is 0 Å². The molecular formula is C28H32O7. The number of benzene rings is 2. The molecule has 2 aromatic carbocycles. The molecule has 7 nitrogen and oxygen atoms in total. The van der Waals surface area contributed by atoms with Gasteiger partial charge in [0.25, 0.3) is 0 Å². The lowest BCUT2D eigenvalue weighted by Gasteiger charge is -2.34. The largest absolute Gasteiger partial charge is 0.507 e. The fraction of sp³-hybridized carbons (Fsp3) is 0.464. The van der Waals surface area contributed by atoms with Crippen molar-refractivity contribution in [1.82, 2.24) is 0 Å². The summed E-state index contributed by atoms with van der Waals surface area (Å²) in [6, 6.07) is 6.25. The second-order valence-corrected chi connectivity index (χ2v) is 9.56. The van der Waals surface area contributed by atoms with Gasteiger partial charge in [0.15, 0.2) is 17.3 Å². The predicted molar refractivity (Wildman–Crippen MR) is 129 cm³/mol. The third-order valence-electron chi connectivity index (χ3n) is 7.18. The first kappa shape index (κ1) is 25.1. The molecule has 0 amide bonds. The summed E-state index contributed by atoms with van der Waals surface area (Å²) in [6.07, 6.45) is 6.41. The van der Waals surface area contributed by atoms with E-state index in [4.69, 9.17) is 4.74 Å². The summed E-state index contributed by atoms with van der Waals surface area (Å²) >= 11 is 0. The minimum Gasteiger partial charge on any atom is -0.507 e. The van der Waals surface area contributed by atoms with Crippen LogP contribution in [0.5, 0.6) is 11.5 Å². The lowest BCUT2D eigenvalue weighted by atomic mass is 9.73. The van der Waals surface area contributed by atoms with Gasteiger partial charge in [0.05, 0.1) is 11.1 Å². The number of aromatic hydroxyl groups is 2. The Hall–Kier alpha value is -3.03. The molecule has 0 aliphatic heterocycles. The number of hydrogen-bond donors (Lipinski definition) is 3. The first-order chi connectivity index (χ1) is 16.8. The van der Waals surface area contributed by atoms with Crippen LogP contribution < -0.4 is 0 Å². The van der Waals surface area contributed by atoms with Gasteiger partial charge >= 0.3 is 0 Å². The fourth-order valence-electron chi connectivity index (χ4n) is 5.11. The molecule has 4 rings (SSSR count). The zero-order valence-corrected chi connectivity index (χ0v) is 20.1. The third-order valence-corrected chi connectivity index (χ3v) is 7.18. The third kappa shape index (κ3) is 4.62. The van der Waals surface area contributed by atoms with Crippen LogP contribution in [0.3, 0.4) is 0 Å². The topological polar surface area (TPSA) is 121 Å². The van der Waals surface area contributed by atoms with Crippen molar-refractivity contribution in [3.8, 4) is 11.5 Å². The summed E-state index contributed by atoms with van der Waals surface area (Å²) in [5.74, 6) is -2.44. The maximum absolute atomic E-state index is 13.1. The van der Waals surface area contributed by atoms with E-state index in [1.54, 1.807) is 12.1 Å². The molecule has 0 spiro atoms. The van der Waals surface area contributed by atoms with Crippen molar-refractivity contribution in [2.45, 2.75) is 70.3 Å². The van der Waals surface area contributed by atoms with Crippen molar-refractivity contribution in [3.05, 3.63) is 57.6 Å². The maximum atomic E-state index is 13.1. The second-order valence-electron chi connectivity index (χ2n) is 9.56. The lowest BCUT2D eigenvalue weighted by molar-refractivity contribution is -0.143. The van der Waals surface area contributed by atoms with E-state index in [1.807, 2.05) is 0 Å². The number of aliphatic hydroxyl groups is 1. The van der Waals surface area contributed by atoms with E-state index in [-0.39, 0.29) is 65.0 Å². The van der Waals surface area contributed by atoms with E-state index in [0.29, 0.717) is 6.61 Å². The lowest BCUT2D eigenvalue weighted by Crippen LogP contribution is -2.46. The Morgan fingerprint density at radius 3 is 2.11 bits per heavy atom. The molecule has 3 N–H and O–H groups in total. The second kappa shape index (κ2) is 10.3. The van der Waals surface area contributed by atoms with Crippen molar-refractivity contribution in [2.24, 2.45) is 0 Å². The van der Waals surface area contributed by atoms with Gasteiger partial charge < -0.3 is 20.1 Å². The number of ketones is 3. The summed E-state index contributed by atoms with van der Waals surface area (Å²) in [7, 11) is 0. The van der Waals surface area contributed by atoms with E-state index < -0.39 is 28.7 Å². The molecule has 2 aliphatic carbocycles. The highest BCUT2D eigenvalue weighted by atomic mass is 16.5. The van der Waals surface area contributed by atoms with Crippen LogP contribution in [-0.4, -0.2) is 51.5 Å². The van der Waals surface area contributed by atoms with E-state index in [1.165, 1.54) is 31.4 Å². The monoisotopic (exact) mass is 480 g/mol. The number of fused-ring (bicyclic) bond motifs is 3. The quantitative estimate of drug-likeness (QED) is 0.296. The van der Waals surface area contributed by atoms with Crippen molar-refractivity contribution in [1.29, 1.82) is 0 Å². The molecule has 0 bridgehead atoms. The molecule has 0 aromatic heterocycles. The van der Waals surface area contributed by atoms with E-state index in [2.05, 4.69) is 6.92 Å². The molecule has 1 atom stereocenters. The van der Waals surface area contributed by atoms with Crippen LogP contribution in [0.25, 0.3) is 0 Å². The number of rotatable bonds is 10. The van der Waals surface area contributed by atoms with Crippen molar-refractivity contribution < 1.29 is 34.4 Å². The predicted octanol–water partition coefficient (Wildman–Crippen LogP) is 4.04. The summed E-state index contributed by atoms with van der Waals surface area (Å²) in [6.45, 7) is 2.35. The molecule has 2 aliphatic rings. The van der Waals surface area contributed by atoms with Gasteiger partial charge in [-0.05, 0) is 19.3 Å². The van der Waals surface area contributed by atoms with Crippen LogP contribution in [0.2, 0.25) is 0 Å². The summed E-state index contributed by atoms with van der Waals surface area (Å²) in [4.78, 5) is 39.0. The highest BCUT2D eigenvalue weighted by Crippen LogP contribution is 2.47. The standard InChI is InChI=1S/C28H32O7/c1-2-3-4-5-6-9-14-35-16-21(29)28(34)13-12-19-20(15-28)27(33)23-22(26(19)32)24(30)17-10-7-8-11-18(17)25(23)31/h7-8,10-11,32-34H,2-6,9,12-16H2,1H3. The summed E-state index contributed by atoms with van der Waals surface area (Å²) < 4.78 is 5.50. The number of Topliss-reactive ketones (excluding diaryl/α,β-unsaturated/α-hetero) is 1. The van der Waals surface area contributed by atoms with Crippen LogP contribution in [0.4, 0.5) is 0 Å². The maximum Gasteiger partial charge on any atom is 0.198 e. The van der Waals surface area contributed by atoms with Gasteiger partial charge in [0.2, 0.25) is 0 Å². The summed E-state index contributed by atoms with van der Waals surface area (Å²) in [5.41, 5.74) is -1.56. The van der Waals surface area contributed by atoms with Gasteiger partial charge in [-0.1, -0.05) is 63.3 Å². The highest BCUT2D eigenvalue weighted by molar-refractivity contribution is 6.30. The van der Waals surface area contributed by atoms with Crippen LogP contribution in [0.15, 0.2) is 24.3 Å². The Morgan fingerprint density at radius 2 is 1.49 bits per heavy atom. The number of carbonyl (C=O) groups is 3. The van der Waals surface area contributed by atoms with E-state index in [9.17, 15) is 29.7 Å². The number of ether oxygens (including phenoxy) is 1. The Labute approximate surface area is 204 Å². The van der Waals surface area contributed by atoms with E-state index in [0.717, 1.165) is 19.3 Å². The number of unbranched alkanes of at least 4 members (excludes halogenated alkanes) is 5. The zero-order valence-electron chi connectivity index (χ0n) is 20.1. The number of phenolic OH excluding ortho intramolecular Hbond substituents is 2. The van der Waals surface area contributed by atoms with E-state index >= 15 is 0 Å². The minimum absolute atomic E-state index is 0.0176. The molecular weight excluding hydrogens is 448 g/mol. The Balaban J connectivity index is 1.50. The number of carbonyl (C=O) groups excluding carboxylic acids is 3. The molecule has 0 saturated carbocycles. The van der Waals surface area contributed by atoms with Crippen LogP contribution >= 0.6 is 0 Å². The summed E-state index contributed by atoms with van der Waals surface area (Å²) in [5, 5.41) is 33.1. The molecule has 1 unspecified atom stereocenters. The number of phenols is 2. The van der Waals surface area contributed by atoms with Crippen molar-refractivity contribution in [2.75, 3.05) is 13.2 Å². The average molecular weight is 481 g/mol. The molecule has 35 heavy (non-hydrogen) atoms. The van der Waals surface area contributed by atoms with Crippen LogP contribution in [-0.2, 0) is 22.4 Å². The minimum atomic E-state index is -1.79. The number of hydrogen-bond acceptors (Lipinski definition) is 7. The van der Waals surface area contributed by atoms with Gasteiger partial charge in [-0.15, -0.1) is 0 Å². The average Bonchev–Trinajstić information content (AvgIpc) is 2.86. The van der Waals surface area contributed by atoms with Crippen LogP contribution in [0.1, 0.15) is 94.8 Å². The molecule has 186 valence electrons. The van der Waals surface area contributed by atoms with Gasteiger partial charge in [0, 0.05) is 35.3 Å². The molecule has 0 saturated heterocycles. The van der Waals surface area contributed by atoms with Gasteiger partial charge in [0.1, 0.15) is 23.7 Å². The van der Waals surface area contributed by atoms with Gasteiger partial charge in [-0.3, -0.25) is 14.4 Å². The molecule has 2 aromatic rings. The normalized spacial score (nSPS) is 18.7. The van der Waals surface area contributed by atoms with Gasteiger partial charge in [-0.25, -0.2) is 0 Å². The molecule has 0 fully saturated rings. The molecule has 0 radical (unpaired) electrons. The highest BCUT2D eigenvalue weighted by Gasteiger charge is 2.44.